The van der Waals surface area contributed by atoms with E-state index >= 15 is 0 Å². The quantitative estimate of drug-likeness (QED) is 0.287. The van der Waals surface area contributed by atoms with Crippen LogP contribution in [0.15, 0.2) is 16.4 Å². The molecule has 2 unspecified atom stereocenters. The van der Waals surface area contributed by atoms with E-state index in [4.69, 9.17) is 0 Å². The Balaban J connectivity index is 0.00000162. The second kappa shape index (κ2) is 5.37. The molecule has 1 aromatic heterocycles. The van der Waals surface area contributed by atoms with Crippen LogP contribution < -0.4 is 4.90 Å². The molecular formula is C6H5KN4O7. The summed E-state index contributed by atoms with van der Waals surface area (Å²) in [7, 11) is 0. The van der Waals surface area contributed by atoms with E-state index < -0.39 is 39.1 Å². The number of aliphatic hydroxyl groups is 1. The van der Waals surface area contributed by atoms with E-state index in [1.165, 1.54) is 0 Å². The zero-order valence-corrected chi connectivity index (χ0v) is 7.92. The van der Waals surface area contributed by atoms with E-state index in [-0.39, 0.29) is 56.3 Å². The average Bonchev–Trinajstić information content (AvgIpc) is 2.61. The van der Waals surface area contributed by atoms with Gasteiger partial charge in [-0.15, -0.1) is 0 Å². The molecule has 0 saturated heterocycles. The second-order valence-corrected chi connectivity index (χ2v) is 3.18. The summed E-state index contributed by atoms with van der Waals surface area (Å²) in [6.07, 6.45) is -1.28. The summed E-state index contributed by atoms with van der Waals surface area (Å²) >= 11 is 0. The van der Waals surface area contributed by atoms with E-state index in [9.17, 15) is 30.5 Å². The Kier molecular flexibility index (Phi) is 4.52. The summed E-state index contributed by atoms with van der Waals surface area (Å²) in [6, 6.07) is -1.69. The first kappa shape index (κ1) is 15.1. The maximum atomic E-state index is 11.1. The molecule has 0 fully saturated rings. The van der Waals surface area contributed by atoms with Gasteiger partial charge in [-0.25, -0.2) is 0 Å². The molecule has 1 heterocycles. The van der Waals surface area contributed by atoms with Crippen molar-refractivity contribution in [1.82, 2.24) is 5.16 Å². The van der Waals surface area contributed by atoms with Gasteiger partial charge in [0.25, 0.3) is 5.70 Å². The first-order valence-electron chi connectivity index (χ1n) is 4.20. The molecule has 0 aromatic carbocycles. The Morgan fingerprint density at radius 2 is 2.06 bits per heavy atom. The summed E-state index contributed by atoms with van der Waals surface area (Å²) in [5, 5.41) is 44.9. The van der Waals surface area contributed by atoms with Crippen LogP contribution in [0.3, 0.4) is 0 Å². The normalized spacial score (nSPS) is 21.5. The molecule has 0 aliphatic heterocycles. The molecule has 1 N–H and O–H groups in total. The Labute approximate surface area is 140 Å². The van der Waals surface area contributed by atoms with E-state index in [1.807, 2.05) is 0 Å². The monoisotopic (exact) mass is 284 g/mol. The van der Waals surface area contributed by atoms with Crippen molar-refractivity contribution in [2.75, 3.05) is 0 Å². The van der Waals surface area contributed by atoms with Crippen molar-refractivity contribution in [3.63, 3.8) is 0 Å². The summed E-state index contributed by atoms with van der Waals surface area (Å²) in [5.74, 6) is 0. The first-order valence-corrected chi connectivity index (χ1v) is 4.20. The van der Waals surface area contributed by atoms with Crippen LogP contribution in [0, 0.1) is 25.4 Å². The molecule has 0 radical (unpaired) electrons. The van der Waals surface area contributed by atoms with Gasteiger partial charge in [0.05, 0.1) is 11.0 Å². The van der Waals surface area contributed by atoms with Gasteiger partial charge in [-0.05, 0) is 4.90 Å². The van der Waals surface area contributed by atoms with Crippen molar-refractivity contribution in [2.24, 2.45) is 0 Å². The van der Waals surface area contributed by atoms with E-state index in [0.29, 0.717) is 6.08 Å². The molecule has 2 rings (SSSR count). The van der Waals surface area contributed by atoms with Crippen molar-refractivity contribution in [1.29, 1.82) is 0 Å². The second-order valence-electron chi connectivity index (χ2n) is 3.18. The van der Waals surface area contributed by atoms with Crippen molar-refractivity contribution in [2.45, 2.75) is 12.1 Å². The molecule has 1 aliphatic carbocycles. The minimum absolute atomic E-state index is 0. The third kappa shape index (κ3) is 2.30. The van der Waals surface area contributed by atoms with Crippen LogP contribution in [0.1, 0.15) is 23.5 Å². The van der Waals surface area contributed by atoms with Gasteiger partial charge in [0.2, 0.25) is 11.8 Å². The van der Waals surface area contributed by atoms with Gasteiger partial charge in [-0.3, -0.25) is 24.9 Å². The average molecular weight is 284 g/mol. The fourth-order valence-corrected chi connectivity index (χ4v) is 1.50. The number of aliphatic hydroxyl groups excluding tert-OH is 1. The van der Waals surface area contributed by atoms with Crippen LogP contribution in [0.5, 0.6) is 0 Å². The minimum atomic E-state index is -1.90. The molecule has 1 aromatic rings. The maximum absolute atomic E-state index is 11.1. The SMILES string of the molecule is O=[N+]([O-])C1=CC([N+](=O)[O-])c2no[n+]([O-])c2C1O.[KH]. The summed E-state index contributed by atoms with van der Waals surface area (Å²) < 4.78 is 4.09. The number of rotatable bonds is 2. The number of nitrogens with zero attached hydrogens (tertiary/aromatic N) is 4. The standard InChI is InChI=1S/C6H4N4O7.K.H/c11-6-3(9(14)15)1-2(8(12)13)4-5(6)10(16)17-7-4;;/h1-2,6,11H;;. The van der Waals surface area contributed by atoms with E-state index in [2.05, 4.69) is 9.79 Å². The molecule has 0 saturated carbocycles. The van der Waals surface area contributed by atoms with Gasteiger partial charge in [-0.1, -0.05) is 0 Å². The predicted octanol–water partition coefficient (Wildman–Crippen LogP) is -1.82. The fourth-order valence-electron chi connectivity index (χ4n) is 1.50. The van der Waals surface area contributed by atoms with E-state index in [0.717, 1.165) is 0 Å². The fraction of sp³-hybridized carbons (Fsp3) is 0.333. The Hall–Kier alpha value is -0.924. The Morgan fingerprint density at radius 3 is 2.56 bits per heavy atom. The third-order valence-corrected chi connectivity index (χ3v) is 2.26. The van der Waals surface area contributed by atoms with Crippen molar-refractivity contribution in [3.05, 3.63) is 48.6 Å². The van der Waals surface area contributed by atoms with Gasteiger partial charge in [0, 0.05) is 10.1 Å². The molecule has 92 valence electrons. The molecule has 2 atom stereocenters. The molecule has 12 heteroatoms. The number of hydrogen-bond acceptors (Lipinski definition) is 8. The summed E-state index contributed by atoms with van der Waals surface area (Å²) in [5.41, 5.74) is -1.93. The number of fused-ring (bicyclic) bond motifs is 1. The Bertz CT molecular complexity index is 540. The van der Waals surface area contributed by atoms with Crippen molar-refractivity contribution >= 4 is 51.4 Å². The third-order valence-electron chi connectivity index (χ3n) is 2.26. The molecule has 18 heavy (non-hydrogen) atoms. The molecule has 0 amide bonds. The molecule has 1 aliphatic rings. The number of nitro groups is 2. The van der Waals surface area contributed by atoms with Crippen molar-refractivity contribution < 1.29 is 24.5 Å². The first-order chi connectivity index (χ1) is 7.93. The zero-order chi connectivity index (χ0) is 12.7. The van der Waals surface area contributed by atoms with Crippen LogP contribution in [-0.4, -0.2) is 71.5 Å². The topological polar surface area (TPSA) is 159 Å². The molecule has 0 bridgehead atoms. The van der Waals surface area contributed by atoms with Gasteiger partial charge >= 0.3 is 63.1 Å². The summed E-state index contributed by atoms with van der Waals surface area (Å²) in [6.45, 7) is 0. The molecule has 11 nitrogen and oxygen atoms in total. The van der Waals surface area contributed by atoms with Crippen LogP contribution >= 0.6 is 0 Å². The van der Waals surface area contributed by atoms with Crippen LogP contribution in [0.2, 0.25) is 0 Å². The van der Waals surface area contributed by atoms with Crippen molar-refractivity contribution in [3.8, 4) is 0 Å². The van der Waals surface area contributed by atoms with Gasteiger partial charge in [0.15, 0.2) is 0 Å². The summed E-state index contributed by atoms with van der Waals surface area (Å²) in [4.78, 5) is 19.1. The number of aromatic nitrogens is 2. The van der Waals surface area contributed by atoms with Gasteiger partial charge in [0.1, 0.15) is 0 Å². The molecular weight excluding hydrogens is 279 g/mol. The number of hydrogen-bond donors (Lipinski definition) is 1. The Morgan fingerprint density at radius 1 is 1.44 bits per heavy atom. The van der Waals surface area contributed by atoms with Gasteiger partial charge < -0.3 is 10.3 Å². The van der Waals surface area contributed by atoms with E-state index in [1.54, 1.807) is 0 Å². The molecule has 0 spiro atoms. The van der Waals surface area contributed by atoms with Crippen LogP contribution in [0.25, 0.3) is 0 Å². The zero-order valence-electron chi connectivity index (χ0n) is 7.92. The van der Waals surface area contributed by atoms with Crippen LogP contribution in [-0.2, 0) is 0 Å². The van der Waals surface area contributed by atoms with Gasteiger partial charge in [-0.2, -0.15) is 0 Å². The predicted molar refractivity (Wildman–Crippen MR) is 52.4 cm³/mol. The van der Waals surface area contributed by atoms with Crippen LogP contribution in [0.4, 0.5) is 0 Å².